The van der Waals surface area contributed by atoms with Gasteiger partial charge in [0.1, 0.15) is 6.10 Å². The third kappa shape index (κ3) is 4.43. The summed E-state index contributed by atoms with van der Waals surface area (Å²) in [4.78, 5) is 23.8. The summed E-state index contributed by atoms with van der Waals surface area (Å²) in [5, 5.41) is -5.71. The first-order valence-electron chi connectivity index (χ1n) is 9.30. The van der Waals surface area contributed by atoms with E-state index in [4.69, 9.17) is 18.9 Å². The number of rotatable bonds is 11. The summed E-state index contributed by atoms with van der Waals surface area (Å²) in [6.07, 6.45) is -4.23. The molecule has 3 fully saturated rings. The highest BCUT2D eigenvalue weighted by Gasteiger charge is 2.65. The van der Waals surface area contributed by atoms with E-state index < -0.39 is 70.5 Å². The van der Waals surface area contributed by atoms with E-state index in [0.29, 0.717) is 6.42 Å². The maximum absolute atomic E-state index is 13.3. The molecule has 2 bridgehead atoms. The lowest BCUT2D eigenvalue weighted by Gasteiger charge is -2.28. The van der Waals surface area contributed by atoms with Crippen LogP contribution >= 0.6 is 0 Å². The molecule has 0 amide bonds. The van der Waals surface area contributed by atoms with E-state index in [-0.39, 0.29) is 31.1 Å². The molecule has 3 saturated heterocycles. The average molecular weight is 475 g/mol. The van der Waals surface area contributed by atoms with Crippen molar-refractivity contribution < 1.29 is 59.1 Å². The second-order valence-electron chi connectivity index (χ2n) is 7.54. The highest BCUT2D eigenvalue weighted by atomic mass is 32.2. The Morgan fingerprint density at radius 2 is 1.90 bits per heavy atom. The molecule has 0 N–H and O–H groups in total. The van der Waals surface area contributed by atoms with E-state index in [1.165, 1.54) is 0 Å². The van der Waals surface area contributed by atoms with Crippen LogP contribution in [0.25, 0.3) is 0 Å². The van der Waals surface area contributed by atoms with Crippen molar-refractivity contribution >= 4 is 22.1 Å². The van der Waals surface area contributed by atoms with E-state index in [0.717, 1.165) is 0 Å². The molecule has 0 aliphatic carbocycles. The van der Waals surface area contributed by atoms with Crippen molar-refractivity contribution in [1.82, 2.24) is 0 Å². The van der Waals surface area contributed by atoms with Crippen molar-refractivity contribution in [3.8, 4) is 0 Å². The van der Waals surface area contributed by atoms with E-state index in [1.807, 2.05) is 0 Å². The van der Waals surface area contributed by atoms with Gasteiger partial charge in [-0.05, 0) is 19.3 Å². The monoisotopic (exact) mass is 475 g/mol. The molecular formula is C17H19F4O9S-. The topological polar surface area (TPSA) is 128 Å². The van der Waals surface area contributed by atoms with Gasteiger partial charge in [0.25, 0.3) is 0 Å². The summed E-state index contributed by atoms with van der Waals surface area (Å²) in [5.74, 6) is -6.59. The number of unbranched alkanes of at least 4 members (excludes halogenated alkanes) is 1. The molecule has 0 saturated carbocycles. The molecule has 3 aliphatic rings. The van der Waals surface area contributed by atoms with Crippen LogP contribution in [-0.4, -0.2) is 73.7 Å². The van der Waals surface area contributed by atoms with Gasteiger partial charge in [-0.15, -0.1) is 0 Å². The van der Waals surface area contributed by atoms with Crippen LogP contribution in [0.3, 0.4) is 0 Å². The summed E-state index contributed by atoms with van der Waals surface area (Å²) in [5.41, 5.74) is -0.113. The van der Waals surface area contributed by atoms with Gasteiger partial charge in [0.2, 0.25) is 0 Å². The number of carbonyl (C=O) groups excluding carboxylic acids is 2. The number of fused-ring (bicyclic) bond motifs is 1. The predicted octanol–water partition coefficient (Wildman–Crippen LogP) is 1.13. The molecule has 0 aromatic heterocycles. The van der Waals surface area contributed by atoms with Gasteiger partial charge in [0.05, 0.1) is 24.2 Å². The van der Waals surface area contributed by atoms with Crippen LogP contribution in [-0.2, 0) is 38.7 Å². The summed E-state index contributed by atoms with van der Waals surface area (Å²) < 4.78 is 105. The molecule has 3 aliphatic heterocycles. The normalized spacial score (nSPS) is 29.8. The molecule has 31 heavy (non-hydrogen) atoms. The van der Waals surface area contributed by atoms with Crippen LogP contribution in [0.1, 0.15) is 25.7 Å². The van der Waals surface area contributed by atoms with Gasteiger partial charge in [-0.3, -0.25) is 4.79 Å². The van der Waals surface area contributed by atoms with Crippen molar-refractivity contribution in [3.05, 3.63) is 12.2 Å². The smallest absolute Gasteiger partial charge is 0.396 e. The predicted molar refractivity (Wildman–Crippen MR) is 89.9 cm³/mol. The number of ether oxygens (including phenoxy) is 4. The van der Waals surface area contributed by atoms with Gasteiger partial charge < -0.3 is 23.5 Å². The zero-order chi connectivity index (χ0) is 23.2. The van der Waals surface area contributed by atoms with Crippen molar-refractivity contribution in [1.29, 1.82) is 0 Å². The number of carbonyl (C=O) groups is 2. The minimum absolute atomic E-state index is 0.113. The molecule has 14 heteroatoms. The number of alkyl halides is 4. The van der Waals surface area contributed by atoms with Crippen molar-refractivity contribution in [2.45, 2.75) is 61.3 Å². The first kappa shape index (κ1) is 23.9. The second-order valence-corrected chi connectivity index (χ2v) is 8.96. The molecule has 0 spiro atoms. The van der Waals surface area contributed by atoms with Gasteiger partial charge in [0.15, 0.2) is 22.3 Å². The standard InChI is InChI=1S/C17H20F4O9S/c1-8(7-27-5-3-2-4-16(18,19)17(20,21)31(24,25)26)14(22)29-12-10-6-9-11(28-10)13(12)30-15(9)23/h9-13H,1-7H2,(H,24,25,26)/p-1. The molecule has 0 radical (unpaired) electrons. The largest absolute Gasteiger partial charge is 0.743 e. The van der Waals surface area contributed by atoms with Crippen LogP contribution in [0.15, 0.2) is 12.2 Å². The Bertz CT molecular complexity index is 860. The Labute approximate surface area is 174 Å². The number of halogens is 4. The molecule has 5 unspecified atom stereocenters. The minimum atomic E-state index is -6.51. The SMILES string of the molecule is C=C(COCCCCC(F)(F)C(F)(F)S(=O)(=O)[O-])C(=O)OC1C2CC3C(=O)OC1C3O2. The quantitative estimate of drug-likeness (QED) is 0.142. The summed E-state index contributed by atoms with van der Waals surface area (Å²) >= 11 is 0. The summed E-state index contributed by atoms with van der Waals surface area (Å²) in [7, 11) is -6.51. The lowest BCUT2D eigenvalue weighted by Crippen LogP contribution is -2.46. The fourth-order valence-corrected chi connectivity index (χ4v) is 4.19. The molecule has 3 heterocycles. The van der Waals surface area contributed by atoms with E-state index in [2.05, 4.69) is 6.58 Å². The van der Waals surface area contributed by atoms with E-state index >= 15 is 0 Å². The number of esters is 2. The maximum atomic E-state index is 13.3. The van der Waals surface area contributed by atoms with Crippen molar-refractivity contribution in [2.75, 3.05) is 13.2 Å². The number of hydrogen-bond acceptors (Lipinski definition) is 9. The van der Waals surface area contributed by atoms with Gasteiger partial charge in [-0.2, -0.15) is 17.6 Å². The van der Waals surface area contributed by atoms with Gasteiger partial charge in [-0.1, -0.05) is 6.58 Å². The zero-order valence-corrected chi connectivity index (χ0v) is 16.7. The van der Waals surface area contributed by atoms with Crippen LogP contribution in [0.5, 0.6) is 0 Å². The van der Waals surface area contributed by atoms with Crippen LogP contribution in [0.4, 0.5) is 17.6 Å². The molecule has 0 aromatic rings. The Balaban J connectivity index is 1.35. The lowest BCUT2D eigenvalue weighted by atomic mass is 9.88. The fourth-order valence-electron chi connectivity index (χ4n) is 3.72. The Morgan fingerprint density at radius 1 is 1.23 bits per heavy atom. The van der Waals surface area contributed by atoms with Crippen LogP contribution < -0.4 is 0 Å². The molecule has 0 aromatic carbocycles. The van der Waals surface area contributed by atoms with Crippen LogP contribution in [0.2, 0.25) is 0 Å². The fraction of sp³-hybridized carbons (Fsp3) is 0.765. The van der Waals surface area contributed by atoms with Crippen molar-refractivity contribution in [3.63, 3.8) is 0 Å². The molecule has 5 atom stereocenters. The minimum Gasteiger partial charge on any atom is -0.743 e. The van der Waals surface area contributed by atoms with Gasteiger partial charge in [0, 0.05) is 13.0 Å². The first-order chi connectivity index (χ1) is 14.3. The molecule has 3 rings (SSSR count). The summed E-state index contributed by atoms with van der Waals surface area (Å²) in [6.45, 7) is 2.92. The third-order valence-corrected chi connectivity index (χ3v) is 6.29. The van der Waals surface area contributed by atoms with E-state index in [1.54, 1.807) is 0 Å². The zero-order valence-electron chi connectivity index (χ0n) is 15.9. The lowest BCUT2D eigenvalue weighted by molar-refractivity contribution is -0.165. The molecule has 176 valence electrons. The van der Waals surface area contributed by atoms with Gasteiger partial charge >= 0.3 is 23.1 Å². The maximum Gasteiger partial charge on any atom is 0.396 e. The highest BCUT2D eigenvalue weighted by Crippen LogP contribution is 2.47. The molecular weight excluding hydrogens is 456 g/mol. The third-order valence-electron chi connectivity index (χ3n) is 5.36. The first-order valence-corrected chi connectivity index (χ1v) is 10.7. The van der Waals surface area contributed by atoms with Gasteiger partial charge in [-0.25, -0.2) is 13.2 Å². The second kappa shape index (κ2) is 8.30. The Hall–Kier alpha value is -1.77. The Kier molecular flexibility index (Phi) is 6.39. The Morgan fingerprint density at radius 3 is 2.55 bits per heavy atom. The highest BCUT2D eigenvalue weighted by molar-refractivity contribution is 7.86. The van der Waals surface area contributed by atoms with Crippen molar-refractivity contribution in [2.24, 2.45) is 5.92 Å². The van der Waals surface area contributed by atoms with Crippen LogP contribution in [0, 0.1) is 5.92 Å². The summed E-state index contributed by atoms with van der Waals surface area (Å²) in [6, 6.07) is 0. The average Bonchev–Trinajstić information content (AvgIpc) is 3.28. The number of hydrogen-bond donors (Lipinski definition) is 0. The molecule has 9 nitrogen and oxygen atoms in total. The van der Waals surface area contributed by atoms with E-state index in [9.17, 15) is 40.1 Å².